The van der Waals surface area contributed by atoms with Gasteiger partial charge in [-0.25, -0.2) is 0 Å². The van der Waals surface area contributed by atoms with Gasteiger partial charge in [-0.15, -0.1) is 12.4 Å². The maximum atomic E-state index is 5.89. The van der Waals surface area contributed by atoms with Crippen LogP contribution in [0.25, 0.3) is 11.0 Å². The van der Waals surface area contributed by atoms with Gasteiger partial charge in [-0.2, -0.15) is 0 Å². The molecule has 1 N–H and O–H groups in total. The van der Waals surface area contributed by atoms with Crippen molar-refractivity contribution in [2.75, 3.05) is 26.7 Å². The lowest BCUT2D eigenvalue weighted by molar-refractivity contribution is 0.188. The number of nitrogens with zero attached hydrogens (tertiary/aromatic N) is 1. The van der Waals surface area contributed by atoms with Gasteiger partial charge in [-0.05, 0) is 31.2 Å². The van der Waals surface area contributed by atoms with E-state index in [1.807, 2.05) is 18.2 Å². The lowest BCUT2D eigenvalue weighted by Crippen LogP contribution is -2.48. The summed E-state index contributed by atoms with van der Waals surface area (Å²) in [6, 6.07) is 8.59. The predicted octanol–water partition coefficient (Wildman–Crippen LogP) is 2.66. The summed E-state index contributed by atoms with van der Waals surface area (Å²) >= 11 is 0. The number of benzene rings is 1. The van der Waals surface area contributed by atoms with Gasteiger partial charge < -0.3 is 14.5 Å². The van der Waals surface area contributed by atoms with Crippen molar-refractivity contribution < 1.29 is 9.15 Å². The Bertz CT molecular complexity index is 570. The fraction of sp³-hybridized carbons (Fsp3) is 0.467. The Morgan fingerprint density at radius 3 is 3.00 bits per heavy atom. The monoisotopic (exact) mass is 296 g/mol. The Balaban J connectivity index is 0.00000147. The Morgan fingerprint density at radius 2 is 2.25 bits per heavy atom. The third-order valence-electron chi connectivity index (χ3n) is 3.61. The van der Waals surface area contributed by atoms with E-state index in [1.54, 1.807) is 7.11 Å². The van der Waals surface area contributed by atoms with Crippen LogP contribution in [0.1, 0.15) is 12.7 Å². The lowest BCUT2D eigenvalue weighted by Gasteiger charge is -2.30. The molecule has 1 aromatic heterocycles. The summed E-state index contributed by atoms with van der Waals surface area (Å²) in [7, 11) is 1.68. The zero-order valence-electron chi connectivity index (χ0n) is 11.9. The first-order valence-corrected chi connectivity index (χ1v) is 6.77. The van der Waals surface area contributed by atoms with Gasteiger partial charge in [0, 0.05) is 31.1 Å². The second-order valence-electron chi connectivity index (χ2n) is 5.21. The molecule has 1 atom stereocenters. The fourth-order valence-electron chi connectivity index (χ4n) is 2.66. The first kappa shape index (κ1) is 15.2. The second-order valence-corrected chi connectivity index (χ2v) is 5.21. The fourth-order valence-corrected chi connectivity index (χ4v) is 2.66. The van der Waals surface area contributed by atoms with E-state index >= 15 is 0 Å². The highest BCUT2D eigenvalue weighted by atomic mass is 35.5. The van der Waals surface area contributed by atoms with E-state index < -0.39 is 0 Å². The molecule has 2 aromatic rings. The predicted molar refractivity (Wildman–Crippen MR) is 82.8 cm³/mol. The van der Waals surface area contributed by atoms with Gasteiger partial charge >= 0.3 is 0 Å². The van der Waals surface area contributed by atoms with Gasteiger partial charge in [-0.3, -0.25) is 4.90 Å². The molecule has 5 heteroatoms. The average Bonchev–Trinajstić information content (AvgIpc) is 2.79. The Kier molecular flexibility index (Phi) is 4.91. The minimum absolute atomic E-state index is 0. The number of furan rings is 1. The van der Waals surface area contributed by atoms with Crippen LogP contribution in [0.5, 0.6) is 5.75 Å². The maximum Gasteiger partial charge on any atom is 0.134 e. The molecule has 4 nitrogen and oxygen atoms in total. The molecule has 0 amide bonds. The molecular weight excluding hydrogens is 276 g/mol. The van der Waals surface area contributed by atoms with Gasteiger partial charge in [0.25, 0.3) is 0 Å². The van der Waals surface area contributed by atoms with E-state index in [9.17, 15) is 0 Å². The van der Waals surface area contributed by atoms with E-state index in [0.717, 1.165) is 48.7 Å². The van der Waals surface area contributed by atoms with Gasteiger partial charge in [0.05, 0.1) is 13.7 Å². The first-order chi connectivity index (χ1) is 9.24. The van der Waals surface area contributed by atoms with Crippen LogP contribution in [0.15, 0.2) is 28.7 Å². The number of nitrogens with one attached hydrogen (secondary N) is 1. The molecule has 1 aromatic carbocycles. The minimum Gasteiger partial charge on any atom is -0.497 e. The highest BCUT2D eigenvalue weighted by Gasteiger charge is 2.17. The van der Waals surface area contributed by atoms with Crippen LogP contribution in [-0.2, 0) is 6.54 Å². The summed E-state index contributed by atoms with van der Waals surface area (Å²) in [6.45, 7) is 6.29. The molecule has 0 spiro atoms. The molecule has 110 valence electrons. The lowest BCUT2D eigenvalue weighted by atomic mass is 10.2. The molecule has 2 heterocycles. The van der Waals surface area contributed by atoms with Crippen molar-refractivity contribution in [1.82, 2.24) is 10.2 Å². The molecule has 0 saturated carbocycles. The maximum absolute atomic E-state index is 5.89. The van der Waals surface area contributed by atoms with E-state index in [4.69, 9.17) is 9.15 Å². The van der Waals surface area contributed by atoms with Crippen molar-refractivity contribution in [3.05, 3.63) is 30.0 Å². The van der Waals surface area contributed by atoms with E-state index in [2.05, 4.69) is 23.2 Å². The smallest absolute Gasteiger partial charge is 0.134 e. The zero-order valence-corrected chi connectivity index (χ0v) is 12.7. The largest absolute Gasteiger partial charge is 0.497 e. The van der Waals surface area contributed by atoms with Crippen LogP contribution in [-0.4, -0.2) is 37.7 Å². The van der Waals surface area contributed by atoms with Crippen molar-refractivity contribution >= 4 is 23.4 Å². The molecule has 0 aliphatic carbocycles. The van der Waals surface area contributed by atoms with Crippen molar-refractivity contribution in [2.45, 2.75) is 19.5 Å². The van der Waals surface area contributed by atoms with E-state index in [-0.39, 0.29) is 12.4 Å². The topological polar surface area (TPSA) is 37.6 Å². The number of rotatable bonds is 3. The number of fused-ring (bicyclic) bond motifs is 1. The summed E-state index contributed by atoms with van der Waals surface area (Å²) in [5.74, 6) is 1.90. The zero-order chi connectivity index (χ0) is 13.2. The number of hydrogen-bond acceptors (Lipinski definition) is 4. The summed E-state index contributed by atoms with van der Waals surface area (Å²) in [4.78, 5) is 2.43. The summed E-state index contributed by atoms with van der Waals surface area (Å²) in [6.07, 6.45) is 0. The quantitative estimate of drug-likeness (QED) is 0.945. The first-order valence-electron chi connectivity index (χ1n) is 6.77. The van der Waals surface area contributed by atoms with E-state index in [0.29, 0.717) is 6.04 Å². The molecule has 1 aliphatic rings. The van der Waals surface area contributed by atoms with Gasteiger partial charge in [0.15, 0.2) is 0 Å². The molecule has 0 unspecified atom stereocenters. The molecular formula is C15H21ClN2O2. The molecule has 0 bridgehead atoms. The third kappa shape index (κ3) is 3.26. The molecule has 1 fully saturated rings. The number of ether oxygens (including phenoxy) is 1. The van der Waals surface area contributed by atoms with Crippen molar-refractivity contribution in [3.63, 3.8) is 0 Å². The van der Waals surface area contributed by atoms with Gasteiger partial charge in [0.2, 0.25) is 0 Å². The molecule has 20 heavy (non-hydrogen) atoms. The highest BCUT2D eigenvalue weighted by molar-refractivity contribution is 5.85. The Morgan fingerprint density at radius 1 is 1.40 bits per heavy atom. The van der Waals surface area contributed by atoms with E-state index in [1.165, 1.54) is 0 Å². The van der Waals surface area contributed by atoms with Crippen molar-refractivity contribution in [1.29, 1.82) is 0 Å². The highest BCUT2D eigenvalue weighted by Crippen LogP contribution is 2.25. The van der Waals surface area contributed by atoms with Crippen molar-refractivity contribution in [2.24, 2.45) is 0 Å². The SMILES string of the molecule is COc1ccc2oc(CN3CCN[C@@H](C)C3)cc2c1.Cl. The third-order valence-corrected chi connectivity index (χ3v) is 3.61. The standard InChI is InChI=1S/C15H20N2O2.ClH/c1-11-9-17(6-5-16-11)10-14-8-12-7-13(18-2)3-4-15(12)19-14;/h3-4,7-8,11,16H,5-6,9-10H2,1-2H3;1H/t11-;/m0./s1. The number of hydrogen-bond donors (Lipinski definition) is 1. The van der Waals surface area contributed by atoms with Gasteiger partial charge in [-0.1, -0.05) is 0 Å². The van der Waals surface area contributed by atoms with Crippen LogP contribution in [0.4, 0.5) is 0 Å². The van der Waals surface area contributed by atoms with Crippen LogP contribution in [0.3, 0.4) is 0 Å². The molecule has 1 aliphatic heterocycles. The Labute approximate surface area is 125 Å². The van der Waals surface area contributed by atoms with Crippen LogP contribution < -0.4 is 10.1 Å². The number of methoxy groups -OCH3 is 1. The van der Waals surface area contributed by atoms with Gasteiger partial charge in [0.1, 0.15) is 17.1 Å². The summed E-state index contributed by atoms with van der Waals surface area (Å²) in [5, 5.41) is 4.56. The van der Waals surface area contributed by atoms with Crippen molar-refractivity contribution in [3.8, 4) is 5.75 Å². The number of piperazine rings is 1. The van der Waals surface area contributed by atoms with Crippen LogP contribution in [0, 0.1) is 0 Å². The molecule has 1 saturated heterocycles. The van der Waals surface area contributed by atoms with Crippen LogP contribution in [0.2, 0.25) is 0 Å². The summed E-state index contributed by atoms with van der Waals surface area (Å²) < 4.78 is 11.1. The molecule has 0 radical (unpaired) electrons. The normalized spacial score (nSPS) is 19.8. The average molecular weight is 297 g/mol. The molecule has 3 rings (SSSR count). The Hall–Kier alpha value is -1.23. The minimum atomic E-state index is 0. The number of halogens is 1. The van der Waals surface area contributed by atoms with Crippen LogP contribution >= 0.6 is 12.4 Å². The summed E-state index contributed by atoms with van der Waals surface area (Å²) in [5.41, 5.74) is 0.930. The second kappa shape index (κ2) is 6.48.